The van der Waals surface area contributed by atoms with Crippen LogP contribution in [0.25, 0.3) is 0 Å². The number of piperazine rings is 1. The summed E-state index contributed by atoms with van der Waals surface area (Å²) in [7, 11) is -2.95. The fraction of sp³-hybridized carbons (Fsp3) is 1.00. The van der Waals surface area contributed by atoms with Crippen LogP contribution >= 0.6 is 0 Å². The van der Waals surface area contributed by atoms with Crippen molar-refractivity contribution in [3.63, 3.8) is 0 Å². The summed E-state index contributed by atoms with van der Waals surface area (Å²) in [4.78, 5) is 2.43. The van der Waals surface area contributed by atoms with E-state index in [1.807, 2.05) is 0 Å². The van der Waals surface area contributed by atoms with E-state index in [-0.39, 0.29) is 22.1 Å². The molecule has 0 spiro atoms. The van der Waals surface area contributed by atoms with E-state index >= 15 is 0 Å². The molecule has 2 aliphatic rings. The van der Waals surface area contributed by atoms with Crippen LogP contribution in [0.3, 0.4) is 0 Å². The quantitative estimate of drug-likeness (QED) is 0.839. The molecular formula is C15H30N2O2S. The van der Waals surface area contributed by atoms with Crippen LogP contribution in [-0.2, 0) is 9.84 Å². The van der Waals surface area contributed by atoms with Crippen LogP contribution in [-0.4, -0.2) is 55.0 Å². The number of nitrogens with zero attached hydrogens (tertiary/aromatic N) is 1. The second-order valence-electron chi connectivity index (χ2n) is 7.71. The Labute approximate surface area is 124 Å². The highest BCUT2D eigenvalue weighted by Crippen LogP contribution is 2.44. The first-order valence-corrected chi connectivity index (χ1v) is 9.50. The molecule has 0 radical (unpaired) electrons. The first kappa shape index (κ1) is 16.2. The van der Waals surface area contributed by atoms with Crippen LogP contribution in [0.15, 0.2) is 0 Å². The number of hydrogen-bond donors (Lipinski definition) is 1. The Morgan fingerprint density at radius 2 is 1.85 bits per heavy atom. The minimum absolute atomic E-state index is 0.0655. The summed E-state index contributed by atoms with van der Waals surface area (Å²) in [6.45, 7) is 12.8. The van der Waals surface area contributed by atoms with Crippen LogP contribution in [0.2, 0.25) is 0 Å². The van der Waals surface area contributed by atoms with Crippen molar-refractivity contribution in [2.45, 2.75) is 63.8 Å². The molecule has 0 aromatic rings. The van der Waals surface area contributed by atoms with Gasteiger partial charge >= 0.3 is 0 Å². The second-order valence-corrected chi connectivity index (χ2v) is 10.4. The third kappa shape index (κ3) is 3.37. The maximum atomic E-state index is 12.1. The minimum Gasteiger partial charge on any atom is -0.309 e. The molecule has 1 saturated heterocycles. The van der Waals surface area contributed by atoms with Crippen LogP contribution < -0.4 is 5.32 Å². The van der Waals surface area contributed by atoms with E-state index < -0.39 is 9.84 Å². The molecule has 1 N–H and O–H groups in total. The van der Waals surface area contributed by atoms with Gasteiger partial charge in [-0.15, -0.1) is 0 Å². The summed E-state index contributed by atoms with van der Waals surface area (Å²) in [5.74, 6) is 1.01. The first-order chi connectivity index (χ1) is 9.07. The lowest BCUT2D eigenvalue weighted by atomic mass is 9.86. The topological polar surface area (TPSA) is 49.4 Å². The molecule has 1 unspecified atom stereocenters. The summed E-state index contributed by atoms with van der Waals surface area (Å²) < 4.78 is 24.2. The molecule has 0 aromatic heterocycles. The van der Waals surface area contributed by atoms with Crippen LogP contribution in [0, 0.1) is 5.92 Å². The maximum absolute atomic E-state index is 12.1. The van der Waals surface area contributed by atoms with Gasteiger partial charge in [0.2, 0.25) is 0 Å². The molecule has 118 valence electrons. The predicted octanol–water partition coefficient (Wildman–Crippen LogP) is 1.66. The van der Waals surface area contributed by atoms with Crippen molar-refractivity contribution in [2.75, 3.05) is 25.4 Å². The lowest BCUT2D eigenvalue weighted by Crippen LogP contribution is -2.68. The number of nitrogens with one attached hydrogen (secondary N) is 1. The Kier molecular flexibility index (Phi) is 4.27. The van der Waals surface area contributed by atoms with Gasteiger partial charge in [-0.05, 0) is 53.4 Å². The summed E-state index contributed by atoms with van der Waals surface area (Å²) in [6.07, 6.45) is 2.57. The third-order valence-corrected chi connectivity index (χ3v) is 7.24. The Morgan fingerprint density at radius 3 is 2.35 bits per heavy atom. The summed E-state index contributed by atoms with van der Waals surface area (Å²) >= 11 is 0. The molecule has 20 heavy (non-hydrogen) atoms. The van der Waals surface area contributed by atoms with Crippen molar-refractivity contribution in [1.29, 1.82) is 0 Å². The maximum Gasteiger partial charge on any atom is 0.153 e. The second kappa shape index (κ2) is 5.25. The fourth-order valence-electron chi connectivity index (χ4n) is 3.16. The molecule has 0 amide bonds. The normalized spacial score (nSPS) is 31.7. The fourth-order valence-corrected chi connectivity index (χ4v) is 4.11. The molecular weight excluding hydrogens is 272 g/mol. The van der Waals surface area contributed by atoms with Crippen LogP contribution in [0.5, 0.6) is 0 Å². The lowest BCUT2D eigenvalue weighted by Gasteiger charge is -2.52. The Hall–Kier alpha value is -0.130. The summed E-state index contributed by atoms with van der Waals surface area (Å²) in [6, 6.07) is 0. The van der Waals surface area contributed by atoms with Gasteiger partial charge in [0.25, 0.3) is 0 Å². The monoisotopic (exact) mass is 302 g/mol. The molecule has 1 heterocycles. The third-order valence-electron chi connectivity index (χ3n) is 5.05. The van der Waals surface area contributed by atoms with E-state index in [4.69, 9.17) is 0 Å². The van der Waals surface area contributed by atoms with Crippen molar-refractivity contribution >= 4 is 9.84 Å². The Morgan fingerprint density at radius 1 is 1.25 bits per heavy atom. The molecule has 5 heteroatoms. The van der Waals surface area contributed by atoms with E-state index in [1.54, 1.807) is 13.8 Å². The van der Waals surface area contributed by atoms with E-state index in [1.165, 1.54) is 12.8 Å². The van der Waals surface area contributed by atoms with Crippen molar-refractivity contribution in [2.24, 2.45) is 5.92 Å². The summed E-state index contributed by atoms with van der Waals surface area (Å²) in [5.41, 5.74) is 0.192. The van der Waals surface area contributed by atoms with Crippen molar-refractivity contribution in [3.8, 4) is 0 Å². The highest BCUT2D eigenvalue weighted by molar-refractivity contribution is 7.92. The van der Waals surface area contributed by atoms with E-state index in [2.05, 4.69) is 31.0 Å². The standard InChI is InChI=1S/C15H30N2O2S/c1-12(2)20(18,19)9-8-17-11-14(3,4)16-10-15(17,5)13-6-7-13/h12-13,16H,6-11H2,1-5H3. The zero-order valence-corrected chi connectivity index (χ0v) is 14.4. The van der Waals surface area contributed by atoms with Gasteiger partial charge in [-0.3, -0.25) is 4.90 Å². The van der Waals surface area contributed by atoms with Crippen molar-refractivity contribution < 1.29 is 8.42 Å². The number of sulfone groups is 1. The number of hydrogen-bond acceptors (Lipinski definition) is 4. The molecule has 1 aliphatic heterocycles. The van der Waals surface area contributed by atoms with Gasteiger partial charge in [0.05, 0.1) is 11.0 Å². The van der Waals surface area contributed by atoms with Crippen molar-refractivity contribution in [3.05, 3.63) is 0 Å². The number of rotatable bonds is 5. The molecule has 2 fully saturated rings. The molecule has 4 nitrogen and oxygen atoms in total. The molecule has 0 aromatic carbocycles. The Balaban J connectivity index is 2.08. The summed E-state index contributed by atoms with van der Waals surface area (Å²) in [5, 5.41) is 3.36. The SMILES string of the molecule is CC(C)S(=O)(=O)CCN1CC(C)(C)NCC1(C)C1CC1. The highest BCUT2D eigenvalue weighted by Gasteiger charge is 2.49. The minimum atomic E-state index is -2.95. The van der Waals surface area contributed by atoms with E-state index in [9.17, 15) is 8.42 Å². The Bertz CT molecular complexity index is 454. The molecule has 1 aliphatic carbocycles. The van der Waals surface area contributed by atoms with Gasteiger partial charge in [0.15, 0.2) is 9.84 Å². The van der Waals surface area contributed by atoms with E-state index in [0.717, 1.165) is 19.0 Å². The van der Waals surface area contributed by atoms with Gasteiger partial charge in [-0.2, -0.15) is 0 Å². The van der Waals surface area contributed by atoms with Gasteiger partial charge in [-0.1, -0.05) is 0 Å². The average molecular weight is 302 g/mol. The zero-order valence-electron chi connectivity index (χ0n) is 13.6. The van der Waals surface area contributed by atoms with Gasteiger partial charge < -0.3 is 5.32 Å². The smallest absolute Gasteiger partial charge is 0.153 e. The van der Waals surface area contributed by atoms with Gasteiger partial charge in [-0.25, -0.2) is 8.42 Å². The van der Waals surface area contributed by atoms with Crippen LogP contribution in [0.1, 0.15) is 47.5 Å². The average Bonchev–Trinajstić information content (AvgIpc) is 3.14. The van der Waals surface area contributed by atoms with Crippen LogP contribution in [0.4, 0.5) is 0 Å². The highest BCUT2D eigenvalue weighted by atomic mass is 32.2. The molecule has 1 saturated carbocycles. The van der Waals surface area contributed by atoms with Crippen molar-refractivity contribution in [1.82, 2.24) is 10.2 Å². The van der Waals surface area contributed by atoms with Gasteiger partial charge in [0, 0.05) is 30.7 Å². The molecule has 1 atom stereocenters. The first-order valence-electron chi connectivity index (χ1n) is 7.78. The zero-order chi connectivity index (χ0) is 15.2. The molecule has 0 bridgehead atoms. The molecule has 2 rings (SSSR count). The lowest BCUT2D eigenvalue weighted by molar-refractivity contribution is 0.0169. The van der Waals surface area contributed by atoms with E-state index in [0.29, 0.717) is 6.54 Å². The van der Waals surface area contributed by atoms with Gasteiger partial charge in [0.1, 0.15) is 0 Å². The predicted molar refractivity (Wildman–Crippen MR) is 83.7 cm³/mol. The largest absolute Gasteiger partial charge is 0.309 e.